The molecule has 0 bridgehead atoms. The molecule has 0 aliphatic carbocycles. The Kier molecular flexibility index (Phi) is 4.15. The summed E-state index contributed by atoms with van der Waals surface area (Å²) in [5.41, 5.74) is 0.641. The molecule has 0 spiro atoms. The summed E-state index contributed by atoms with van der Waals surface area (Å²) in [5, 5.41) is 18.7. The Morgan fingerprint density at radius 3 is 2.88 bits per heavy atom. The molecule has 5 nitrogen and oxygen atoms in total. The highest BCUT2D eigenvalue weighted by atomic mass is 19.4. The van der Waals surface area contributed by atoms with Gasteiger partial charge in [0.2, 0.25) is 0 Å². The van der Waals surface area contributed by atoms with Crippen molar-refractivity contribution in [3.05, 3.63) is 46.0 Å². The van der Waals surface area contributed by atoms with Crippen molar-refractivity contribution in [1.82, 2.24) is 10.2 Å². The number of aromatic amines is 1. The average Bonchev–Trinajstić information content (AvgIpc) is 2.95. The van der Waals surface area contributed by atoms with Crippen molar-refractivity contribution < 1.29 is 22.3 Å². The topological polar surface area (TPSA) is 73.7 Å². The molecule has 0 saturated heterocycles. The highest BCUT2D eigenvalue weighted by Gasteiger charge is 2.35. The van der Waals surface area contributed by atoms with Gasteiger partial charge >= 0.3 is 6.18 Å². The molecule has 1 aromatic heterocycles. The zero-order valence-corrected chi connectivity index (χ0v) is 12.3. The van der Waals surface area contributed by atoms with Crippen molar-refractivity contribution >= 4 is 5.69 Å². The van der Waals surface area contributed by atoms with Gasteiger partial charge in [0.25, 0.3) is 0 Å². The number of rotatable bonds is 3. The molecular formula is C15H12F4N4O. The van der Waals surface area contributed by atoms with Gasteiger partial charge in [-0.3, -0.25) is 5.10 Å². The fraction of sp³-hybridized carbons (Fsp3) is 0.333. The number of fused-ring (bicyclic) bond motifs is 1. The van der Waals surface area contributed by atoms with Crippen LogP contribution in [0.4, 0.5) is 23.2 Å². The lowest BCUT2D eigenvalue weighted by atomic mass is 10.1. The number of hydrogen-bond acceptors (Lipinski definition) is 4. The van der Waals surface area contributed by atoms with Gasteiger partial charge in [-0.1, -0.05) is 0 Å². The van der Waals surface area contributed by atoms with Crippen molar-refractivity contribution in [1.29, 1.82) is 5.26 Å². The zero-order chi connectivity index (χ0) is 17.3. The number of H-pyrrole nitrogens is 1. The third-order valence-corrected chi connectivity index (χ3v) is 3.76. The van der Waals surface area contributed by atoms with Crippen LogP contribution < -0.4 is 5.32 Å². The minimum Gasteiger partial charge on any atom is -0.378 e. The van der Waals surface area contributed by atoms with E-state index in [0.29, 0.717) is 37.5 Å². The van der Waals surface area contributed by atoms with Crippen LogP contribution in [0.5, 0.6) is 0 Å². The number of hydrogen-bond donors (Lipinski definition) is 2. The van der Waals surface area contributed by atoms with E-state index in [4.69, 9.17) is 10.00 Å². The standard InChI is InChI=1S/C15H12F4N4O/c16-11-3-8(5-20)13(4-10(11)15(17,18)19)21-6-14-9-7-24-2-1-12(9)22-23-14/h3-4,21H,1-2,6-7H2,(H,22,23). The largest absolute Gasteiger partial charge is 0.419 e. The second kappa shape index (κ2) is 6.13. The van der Waals surface area contributed by atoms with Crippen LogP contribution in [-0.2, 0) is 30.5 Å². The molecule has 24 heavy (non-hydrogen) atoms. The van der Waals surface area contributed by atoms with Gasteiger partial charge in [-0.2, -0.15) is 23.5 Å². The van der Waals surface area contributed by atoms with Crippen molar-refractivity contribution in [2.45, 2.75) is 25.7 Å². The Morgan fingerprint density at radius 2 is 2.17 bits per heavy atom. The maximum absolute atomic E-state index is 13.5. The summed E-state index contributed by atoms with van der Waals surface area (Å²) >= 11 is 0. The van der Waals surface area contributed by atoms with Gasteiger partial charge in [0.15, 0.2) is 0 Å². The van der Waals surface area contributed by atoms with Gasteiger partial charge in [-0.15, -0.1) is 0 Å². The molecule has 0 saturated carbocycles. The van der Waals surface area contributed by atoms with E-state index in [9.17, 15) is 17.6 Å². The number of benzene rings is 1. The van der Waals surface area contributed by atoms with Gasteiger partial charge in [-0.05, 0) is 12.1 Å². The quantitative estimate of drug-likeness (QED) is 0.842. The van der Waals surface area contributed by atoms with E-state index in [1.165, 1.54) is 0 Å². The number of alkyl halides is 3. The smallest absolute Gasteiger partial charge is 0.378 e. The monoisotopic (exact) mass is 340 g/mol. The lowest BCUT2D eigenvalue weighted by Crippen LogP contribution is -2.13. The summed E-state index contributed by atoms with van der Waals surface area (Å²) in [7, 11) is 0. The van der Waals surface area contributed by atoms with Gasteiger partial charge < -0.3 is 10.1 Å². The fourth-order valence-corrected chi connectivity index (χ4v) is 2.52. The van der Waals surface area contributed by atoms with Crippen molar-refractivity contribution in [3.63, 3.8) is 0 Å². The number of aromatic nitrogens is 2. The Hall–Kier alpha value is -2.60. The molecule has 3 rings (SSSR count). The Morgan fingerprint density at radius 1 is 1.38 bits per heavy atom. The van der Waals surface area contributed by atoms with Gasteiger partial charge in [-0.25, -0.2) is 4.39 Å². The third-order valence-electron chi connectivity index (χ3n) is 3.76. The maximum atomic E-state index is 13.5. The summed E-state index contributed by atoms with van der Waals surface area (Å²) in [4.78, 5) is 0. The molecule has 0 unspecified atom stereocenters. The average molecular weight is 340 g/mol. The Balaban J connectivity index is 1.87. The van der Waals surface area contributed by atoms with Crippen LogP contribution in [0.3, 0.4) is 0 Å². The number of anilines is 1. The van der Waals surface area contributed by atoms with Crippen LogP contribution >= 0.6 is 0 Å². The highest BCUT2D eigenvalue weighted by molar-refractivity contribution is 5.60. The molecule has 126 valence electrons. The van der Waals surface area contributed by atoms with Gasteiger partial charge in [0, 0.05) is 17.7 Å². The summed E-state index contributed by atoms with van der Waals surface area (Å²) in [5.74, 6) is -1.48. The second-order valence-corrected chi connectivity index (χ2v) is 5.27. The molecule has 0 amide bonds. The number of nitriles is 1. The fourth-order valence-electron chi connectivity index (χ4n) is 2.52. The molecule has 0 radical (unpaired) electrons. The Labute approximate surface area is 134 Å². The Bertz CT molecular complexity index is 807. The van der Waals surface area contributed by atoms with Gasteiger partial charge in [0.05, 0.1) is 42.3 Å². The SMILES string of the molecule is N#Cc1cc(F)c(C(F)(F)F)cc1NCc1n[nH]c2c1COCC2. The molecular weight excluding hydrogens is 328 g/mol. The van der Waals surface area contributed by atoms with E-state index in [-0.39, 0.29) is 17.8 Å². The molecule has 1 aromatic carbocycles. The molecule has 1 aliphatic rings. The molecule has 2 heterocycles. The van der Waals surface area contributed by atoms with Crippen LogP contribution in [0.15, 0.2) is 12.1 Å². The number of nitrogens with one attached hydrogen (secondary N) is 2. The van der Waals surface area contributed by atoms with Crippen molar-refractivity contribution in [3.8, 4) is 6.07 Å². The summed E-state index contributed by atoms with van der Waals surface area (Å²) in [6, 6.07) is 2.86. The molecule has 2 aromatic rings. The first-order valence-corrected chi connectivity index (χ1v) is 7.07. The van der Waals surface area contributed by atoms with E-state index < -0.39 is 17.6 Å². The van der Waals surface area contributed by atoms with E-state index in [1.807, 2.05) is 0 Å². The summed E-state index contributed by atoms with van der Waals surface area (Å²) < 4.78 is 57.3. The number of ether oxygens (including phenoxy) is 1. The van der Waals surface area contributed by atoms with E-state index >= 15 is 0 Å². The first-order valence-electron chi connectivity index (χ1n) is 7.07. The molecule has 1 aliphatic heterocycles. The van der Waals surface area contributed by atoms with Crippen LogP contribution in [0.25, 0.3) is 0 Å². The number of nitrogens with zero attached hydrogens (tertiary/aromatic N) is 2. The lowest BCUT2D eigenvalue weighted by molar-refractivity contribution is -0.139. The maximum Gasteiger partial charge on any atom is 0.419 e. The van der Waals surface area contributed by atoms with Crippen molar-refractivity contribution in [2.75, 3.05) is 11.9 Å². The molecule has 0 atom stereocenters. The van der Waals surface area contributed by atoms with Gasteiger partial charge in [0.1, 0.15) is 11.9 Å². The molecule has 0 fully saturated rings. The van der Waals surface area contributed by atoms with Crippen LogP contribution in [0, 0.1) is 17.1 Å². The second-order valence-electron chi connectivity index (χ2n) is 5.27. The number of halogens is 4. The van der Waals surface area contributed by atoms with E-state index in [0.717, 1.165) is 11.3 Å². The normalized spacial score (nSPS) is 14.1. The predicted octanol–water partition coefficient (Wildman–Crippen LogP) is 3.12. The van der Waals surface area contributed by atoms with E-state index in [2.05, 4.69) is 15.5 Å². The predicted molar refractivity (Wildman–Crippen MR) is 75.4 cm³/mol. The van der Waals surface area contributed by atoms with Crippen LogP contribution in [-0.4, -0.2) is 16.8 Å². The minimum absolute atomic E-state index is 0.0901. The summed E-state index contributed by atoms with van der Waals surface area (Å²) in [6.45, 7) is 1.03. The van der Waals surface area contributed by atoms with Crippen LogP contribution in [0.2, 0.25) is 0 Å². The highest BCUT2D eigenvalue weighted by Crippen LogP contribution is 2.34. The lowest BCUT2D eigenvalue weighted by Gasteiger charge is -2.15. The summed E-state index contributed by atoms with van der Waals surface area (Å²) in [6.07, 6.45) is -4.16. The first kappa shape index (κ1) is 16.3. The minimum atomic E-state index is -4.84. The zero-order valence-electron chi connectivity index (χ0n) is 12.3. The van der Waals surface area contributed by atoms with Crippen molar-refractivity contribution in [2.24, 2.45) is 0 Å². The molecule has 9 heteroatoms. The first-order chi connectivity index (χ1) is 11.4. The van der Waals surface area contributed by atoms with Crippen LogP contribution in [0.1, 0.15) is 28.1 Å². The molecule has 2 N–H and O–H groups in total. The van der Waals surface area contributed by atoms with E-state index in [1.54, 1.807) is 6.07 Å². The third kappa shape index (κ3) is 3.05.